The summed E-state index contributed by atoms with van der Waals surface area (Å²) in [5.41, 5.74) is 0. The van der Waals surface area contributed by atoms with Crippen molar-refractivity contribution in [3.63, 3.8) is 0 Å². The van der Waals surface area contributed by atoms with Gasteiger partial charge < -0.3 is 5.32 Å². The molecule has 1 aliphatic carbocycles. The lowest BCUT2D eigenvalue weighted by Crippen LogP contribution is -2.63. The second-order valence-electron chi connectivity index (χ2n) is 6.34. The number of amides is 4. The van der Waals surface area contributed by atoms with Crippen molar-refractivity contribution in [3.8, 4) is 0 Å². The maximum Gasteiger partial charge on any atom is 0.334 e. The Labute approximate surface area is 134 Å². The summed E-state index contributed by atoms with van der Waals surface area (Å²) in [5.74, 6) is -0.273. The lowest BCUT2D eigenvalue weighted by atomic mass is 9.95. The zero-order chi connectivity index (χ0) is 16.6. The number of rotatable bonds is 3. The fourth-order valence-electron chi connectivity index (χ4n) is 3.35. The Bertz CT molecular complexity index is 606. The molecule has 1 saturated heterocycles. The maximum atomic E-state index is 12.6. The van der Waals surface area contributed by atoms with E-state index in [0.717, 1.165) is 30.6 Å². The molecule has 1 saturated carbocycles. The zero-order valence-electron chi connectivity index (χ0n) is 13.5. The molecular formula is C15H22N5O3+. The van der Waals surface area contributed by atoms with E-state index >= 15 is 0 Å². The normalized spacial score (nSPS) is 25.2. The number of carbonyl (C=O) groups excluding carboxylic acids is 3. The molecule has 0 aromatic rings. The fourth-order valence-corrected chi connectivity index (χ4v) is 3.35. The van der Waals surface area contributed by atoms with Gasteiger partial charge >= 0.3 is 6.03 Å². The minimum absolute atomic E-state index is 0.156. The van der Waals surface area contributed by atoms with Crippen molar-refractivity contribution in [3.05, 3.63) is 0 Å². The number of imide groups is 1. The Kier molecular flexibility index (Phi) is 4.14. The molecule has 8 nitrogen and oxygen atoms in total. The molecular weight excluding hydrogens is 298 g/mol. The van der Waals surface area contributed by atoms with Crippen LogP contribution >= 0.6 is 0 Å². The first kappa shape index (κ1) is 15.6. The number of amidine groups is 1. The van der Waals surface area contributed by atoms with Crippen LogP contribution in [0.1, 0.15) is 32.1 Å². The van der Waals surface area contributed by atoms with Gasteiger partial charge in [0, 0.05) is 13.1 Å². The molecule has 4 amide bonds. The molecule has 8 heteroatoms. The molecule has 1 N–H and O–H groups in total. The molecule has 23 heavy (non-hydrogen) atoms. The Balaban J connectivity index is 1.67. The van der Waals surface area contributed by atoms with Crippen LogP contribution in [-0.2, 0) is 9.59 Å². The lowest BCUT2D eigenvalue weighted by molar-refractivity contribution is -0.500. The minimum atomic E-state index is -0.625. The number of aliphatic imine (C=N–C) groups is 1. The van der Waals surface area contributed by atoms with Gasteiger partial charge in [-0.25, -0.2) is 9.37 Å². The number of hydrogen-bond acceptors (Lipinski definition) is 4. The SMILES string of the molecule is CN1C(=O)N(CC(=O)NC2CCCCC2)C(=O)C2C1=NC=[N+]2C. The molecule has 0 bridgehead atoms. The predicted molar refractivity (Wildman–Crippen MR) is 83.4 cm³/mol. The average Bonchev–Trinajstić information content (AvgIpc) is 2.92. The summed E-state index contributed by atoms with van der Waals surface area (Å²) in [6, 6.07) is -0.976. The molecule has 0 spiro atoms. The number of carbonyl (C=O) groups is 3. The van der Waals surface area contributed by atoms with Crippen LogP contribution in [0, 0.1) is 0 Å². The first-order valence-electron chi connectivity index (χ1n) is 8.00. The summed E-state index contributed by atoms with van der Waals surface area (Å²) < 4.78 is 1.65. The minimum Gasteiger partial charge on any atom is -0.352 e. The summed E-state index contributed by atoms with van der Waals surface area (Å²) in [6.07, 6.45) is 6.87. The van der Waals surface area contributed by atoms with Gasteiger partial charge in [-0.1, -0.05) is 19.3 Å². The number of hydrogen-bond donors (Lipinski definition) is 1. The van der Waals surface area contributed by atoms with Crippen LogP contribution < -0.4 is 5.32 Å². The zero-order valence-corrected chi connectivity index (χ0v) is 13.5. The Morgan fingerprint density at radius 2 is 2.04 bits per heavy atom. The summed E-state index contributed by atoms with van der Waals surface area (Å²) in [5, 5.41) is 2.94. The van der Waals surface area contributed by atoms with E-state index in [1.165, 1.54) is 17.7 Å². The summed E-state index contributed by atoms with van der Waals surface area (Å²) in [7, 11) is 3.29. The smallest absolute Gasteiger partial charge is 0.334 e. The predicted octanol–water partition coefficient (Wildman–Crippen LogP) is -0.219. The van der Waals surface area contributed by atoms with Crippen LogP contribution in [0.3, 0.4) is 0 Å². The molecule has 2 aliphatic heterocycles. The van der Waals surface area contributed by atoms with Crippen LogP contribution in [0.2, 0.25) is 0 Å². The first-order valence-corrected chi connectivity index (χ1v) is 8.00. The number of nitrogens with one attached hydrogen (secondary N) is 1. The summed E-state index contributed by atoms with van der Waals surface area (Å²) >= 11 is 0. The highest BCUT2D eigenvalue weighted by atomic mass is 16.2. The highest BCUT2D eigenvalue weighted by Gasteiger charge is 2.51. The highest BCUT2D eigenvalue weighted by Crippen LogP contribution is 2.19. The van der Waals surface area contributed by atoms with Crippen LogP contribution in [0.25, 0.3) is 0 Å². The second kappa shape index (κ2) is 6.10. The van der Waals surface area contributed by atoms with Gasteiger partial charge in [0.1, 0.15) is 6.54 Å². The van der Waals surface area contributed by atoms with Crippen LogP contribution in [0.5, 0.6) is 0 Å². The van der Waals surface area contributed by atoms with Gasteiger partial charge in [0.25, 0.3) is 24.1 Å². The highest BCUT2D eigenvalue weighted by molar-refractivity contribution is 6.22. The third-order valence-corrected chi connectivity index (χ3v) is 4.66. The van der Waals surface area contributed by atoms with E-state index in [1.54, 1.807) is 18.7 Å². The lowest BCUT2D eigenvalue weighted by Gasteiger charge is -2.32. The van der Waals surface area contributed by atoms with E-state index in [9.17, 15) is 14.4 Å². The van der Waals surface area contributed by atoms with Crippen LogP contribution in [0.4, 0.5) is 4.79 Å². The molecule has 1 unspecified atom stereocenters. The van der Waals surface area contributed by atoms with E-state index < -0.39 is 18.0 Å². The molecule has 0 aromatic carbocycles. The molecule has 124 valence electrons. The van der Waals surface area contributed by atoms with Crippen molar-refractivity contribution in [1.82, 2.24) is 15.1 Å². The maximum absolute atomic E-state index is 12.6. The van der Waals surface area contributed by atoms with E-state index in [0.29, 0.717) is 5.84 Å². The Hall–Kier alpha value is -2.25. The monoisotopic (exact) mass is 320 g/mol. The van der Waals surface area contributed by atoms with E-state index in [2.05, 4.69) is 10.3 Å². The number of urea groups is 1. The van der Waals surface area contributed by atoms with Crippen LogP contribution in [-0.4, -0.2) is 77.1 Å². The largest absolute Gasteiger partial charge is 0.352 e. The van der Waals surface area contributed by atoms with E-state index in [1.807, 2.05) is 0 Å². The van der Waals surface area contributed by atoms with Gasteiger partial charge in [-0.2, -0.15) is 0 Å². The topological polar surface area (TPSA) is 85.1 Å². The molecule has 1 atom stereocenters. The summed E-state index contributed by atoms with van der Waals surface area (Å²) in [4.78, 5) is 43.6. The molecule has 2 fully saturated rings. The third kappa shape index (κ3) is 2.85. The van der Waals surface area contributed by atoms with Crippen molar-refractivity contribution >= 4 is 30.0 Å². The van der Waals surface area contributed by atoms with Crippen molar-refractivity contribution in [2.24, 2.45) is 4.99 Å². The average molecular weight is 320 g/mol. The molecule has 0 radical (unpaired) electrons. The third-order valence-electron chi connectivity index (χ3n) is 4.66. The van der Waals surface area contributed by atoms with Crippen molar-refractivity contribution in [1.29, 1.82) is 0 Å². The van der Waals surface area contributed by atoms with E-state index in [-0.39, 0.29) is 18.5 Å². The fraction of sp³-hybridized carbons (Fsp3) is 0.667. The molecule has 0 aromatic heterocycles. The number of fused-ring (bicyclic) bond motifs is 1. The first-order chi connectivity index (χ1) is 11.0. The Morgan fingerprint density at radius 1 is 1.35 bits per heavy atom. The van der Waals surface area contributed by atoms with Gasteiger partial charge in [-0.3, -0.25) is 19.4 Å². The Morgan fingerprint density at radius 3 is 2.74 bits per heavy atom. The quantitative estimate of drug-likeness (QED) is 0.730. The van der Waals surface area contributed by atoms with Crippen molar-refractivity contribution < 1.29 is 19.0 Å². The molecule has 3 rings (SSSR count). The molecule has 3 aliphatic rings. The van der Waals surface area contributed by atoms with Gasteiger partial charge in [-0.15, -0.1) is 0 Å². The van der Waals surface area contributed by atoms with Gasteiger partial charge in [0.2, 0.25) is 5.91 Å². The van der Waals surface area contributed by atoms with Crippen LogP contribution in [0.15, 0.2) is 4.99 Å². The van der Waals surface area contributed by atoms with Gasteiger partial charge in [0.05, 0.1) is 7.05 Å². The molecule has 2 heterocycles. The van der Waals surface area contributed by atoms with Crippen molar-refractivity contribution in [2.75, 3.05) is 20.6 Å². The standard InChI is InChI=1S/C15H21N5O3/c1-18-9-16-13-12(18)14(22)20(15(23)19(13)2)8-11(21)17-10-6-4-3-5-7-10/h9-10,12H,3-8H2,1-2H3/p+1. The number of nitrogens with zero attached hydrogens (tertiary/aromatic N) is 4. The van der Waals surface area contributed by atoms with Gasteiger partial charge in [0.15, 0.2) is 0 Å². The summed E-state index contributed by atoms with van der Waals surface area (Å²) in [6.45, 7) is -0.240. The van der Waals surface area contributed by atoms with Gasteiger partial charge in [-0.05, 0) is 17.8 Å². The second-order valence-corrected chi connectivity index (χ2v) is 6.34. The van der Waals surface area contributed by atoms with Crippen molar-refractivity contribution in [2.45, 2.75) is 44.2 Å². The van der Waals surface area contributed by atoms with E-state index in [4.69, 9.17) is 0 Å². The number of likely N-dealkylation sites (N-methyl/N-ethyl adjacent to an activating group) is 2.